The summed E-state index contributed by atoms with van der Waals surface area (Å²) in [5.74, 6) is -2.43. The lowest BCUT2D eigenvalue weighted by atomic mass is 10.0. The number of aromatic hydroxyl groups is 1. The summed E-state index contributed by atoms with van der Waals surface area (Å²) in [6.07, 6.45) is 0. The number of hydrogen-bond acceptors (Lipinski definition) is 7. The number of nitrogens with one attached hydrogen (secondary N) is 3. The number of phenolic OH excluding ortho intramolecular Hbond substituents is 1. The highest BCUT2D eigenvalue weighted by Crippen LogP contribution is 2.31. The van der Waals surface area contributed by atoms with Crippen LogP contribution in [0.1, 0.15) is 45.0 Å². The fourth-order valence-electron chi connectivity index (χ4n) is 3.37. The first kappa shape index (κ1) is 25.7. The molecule has 1 aliphatic heterocycles. The Morgan fingerprint density at radius 1 is 1.06 bits per heavy atom. The maximum absolute atomic E-state index is 13.0. The number of carbonyl (C=O) groups is 4. The molecule has 10 heteroatoms. The highest BCUT2D eigenvalue weighted by atomic mass is 16.3. The highest BCUT2D eigenvalue weighted by molar-refractivity contribution is 6.20. The van der Waals surface area contributed by atoms with E-state index in [1.165, 1.54) is 17.0 Å². The molecule has 1 aliphatic rings. The number of carbonyl (C=O) groups excluding carboxylic acids is 4. The second-order valence-electron chi connectivity index (χ2n) is 8.66. The van der Waals surface area contributed by atoms with Gasteiger partial charge in [-0.15, -0.1) is 0 Å². The first-order valence-electron chi connectivity index (χ1n) is 10.9. The third kappa shape index (κ3) is 5.44. The minimum absolute atomic E-state index is 0.0422. The Hall–Kier alpha value is -3.56. The third-order valence-corrected chi connectivity index (χ3v) is 5.10. The van der Waals surface area contributed by atoms with Crippen molar-refractivity contribution in [3.63, 3.8) is 0 Å². The van der Waals surface area contributed by atoms with E-state index in [2.05, 4.69) is 16.0 Å². The molecule has 0 bridgehead atoms. The van der Waals surface area contributed by atoms with E-state index in [1.54, 1.807) is 27.1 Å². The van der Waals surface area contributed by atoms with Crippen molar-refractivity contribution in [2.75, 3.05) is 26.0 Å². The summed E-state index contributed by atoms with van der Waals surface area (Å²) in [6.45, 7) is 9.10. The van der Waals surface area contributed by atoms with Crippen molar-refractivity contribution in [1.29, 1.82) is 0 Å². The quantitative estimate of drug-likeness (QED) is 0.323. The lowest BCUT2D eigenvalue weighted by Gasteiger charge is -2.24. The van der Waals surface area contributed by atoms with Crippen LogP contribution in [0.2, 0.25) is 0 Å². The Labute approximate surface area is 194 Å². The largest absolute Gasteiger partial charge is 0.505 e. The minimum atomic E-state index is -0.775. The summed E-state index contributed by atoms with van der Waals surface area (Å²) in [7, 11) is 3.11. The van der Waals surface area contributed by atoms with Gasteiger partial charge in [-0.1, -0.05) is 19.9 Å². The Kier molecular flexibility index (Phi) is 8.08. The number of imide groups is 1. The number of hydrogen-bond donors (Lipinski definition) is 4. The summed E-state index contributed by atoms with van der Waals surface area (Å²) in [6, 6.07) is 3.63. The van der Waals surface area contributed by atoms with Crippen LogP contribution in [0.15, 0.2) is 29.6 Å². The Morgan fingerprint density at radius 2 is 1.67 bits per heavy atom. The molecule has 0 spiro atoms. The SMILES string of the molecule is CCN1C(=O)C(Nc2cccc(C(=O)N(C)C)c2O)=C(N[C@@H](C(=O)NC(C)C)C(C)C)C1=O. The predicted molar refractivity (Wildman–Crippen MR) is 124 cm³/mol. The van der Waals surface area contributed by atoms with E-state index in [-0.39, 0.29) is 52.8 Å². The van der Waals surface area contributed by atoms with Gasteiger partial charge in [-0.2, -0.15) is 0 Å². The standard InChI is InChI=1S/C23H33N5O5/c1-8-28-22(32)17(25-15-11-9-10-14(19(15)29)21(31)27(6)7)18(23(28)33)26-16(12(2)3)20(30)24-13(4)5/h9-13,16,25-26,29H,8H2,1-7H3,(H,24,30)/t16-/m1/s1. The zero-order valence-corrected chi connectivity index (χ0v) is 20.1. The number of likely N-dealkylation sites (N-methyl/N-ethyl adjacent to an activating group) is 1. The van der Waals surface area contributed by atoms with Crippen molar-refractivity contribution in [2.24, 2.45) is 5.92 Å². The molecule has 10 nitrogen and oxygen atoms in total. The Bertz CT molecular complexity index is 983. The lowest BCUT2D eigenvalue weighted by molar-refractivity contribution is -0.137. The molecule has 4 N–H and O–H groups in total. The molecule has 0 aliphatic carbocycles. The molecular formula is C23H33N5O5. The van der Waals surface area contributed by atoms with E-state index in [9.17, 15) is 24.3 Å². The van der Waals surface area contributed by atoms with Crippen LogP contribution >= 0.6 is 0 Å². The summed E-state index contributed by atoms with van der Waals surface area (Å²) in [5, 5.41) is 19.2. The van der Waals surface area contributed by atoms with Crippen LogP contribution in [-0.2, 0) is 14.4 Å². The van der Waals surface area contributed by atoms with Crippen molar-refractivity contribution >= 4 is 29.3 Å². The molecule has 1 atom stereocenters. The van der Waals surface area contributed by atoms with E-state index < -0.39 is 23.8 Å². The average Bonchev–Trinajstić information content (AvgIpc) is 2.94. The molecular weight excluding hydrogens is 426 g/mol. The molecule has 0 unspecified atom stereocenters. The van der Waals surface area contributed by atoms with Gasteiger partial charge in [0.1, 0.15) is 17.4 Å². The normalized spacial score (nSPS) is 14.8. The van der Waals surface area contributed by atoms with Crippen LogP contribution in [0.4, 0.5) is 5.69 Å². The van der Waals surface area contributed by atoms with Gasteiger partial charge in [0, 0.05) is 26.7 Å². The van der Waals surface area contributed by atoms with Gasteiger partial charge >= 0.3 is 0 Å². The van der Waals surface area contributed by atoms with E-state index in [4.69, 9.17) is 0 Å². The van der Waals surface area contributed by atoms with Gasteiger partial charge in [-0.3, -0.25) is 24.1 Å². The van der Waals surface area contributed by atoms with Crippen molar-refractivity contribution in [3.8, 4) is 5.75 Å². The van der Waals surface area contributed by atoms with Gasteiger partial charge in [0.05, 0.1) is 11.3 Å². The molecule has 4 amide bonds. The van der Waals surface area contributed by atoms with E-state index in [0.29, 0.717) is 0 Å². The average molecular weight is 460 g/mol. The summed E-state index contributed by atoms with van der Waals surface area (Å²) in [4.78, 5) is 53.4. The summed E-state index contributed by atoms with van der Waals surface area (Å²) in [5.41, 5.74) is -0.0396. The van der Waals surface area contributed by atoms with E-state index in [1.807, 2.05) is 27.7 Å². The molecule has 0 saturated heterocycles. The number of para-hydroxylation sites is 1. The zero-order chi connectivity index (χ0) is 25.0. The maximum Gasteiger partial charge on any atom is 0.279 e. The van der Waals surface area contributed by atoms with Crippen LogP contribution in [0.25, 0.3) is 0 Å². The van der Waals surface area contributed by atoms with Gasteiger partial charge in [0.25, 0.3) is 17.7 Å². The number of phenols is 1. The van der Waals surface area contributed by atoms with Gasteiger partial charge in [0.2, 0.25) is 5.91 Å². The molecule has 0 aromatic heterocycles. The second kappa shape index (κ2) is 10.4. The number of nitrogens with zero attached hydrogens (tertiary/aromatic N) is 2. The van der Waals surface area contributed by atoms with Crippen LogP contribution in [0.5, 0.6) is 5.75 Å². The van der Waals surface area contributed by atoms with Crippen LogP contribution < -0.4 is 16.0 Å². The van der Waals surface area contributed by atoms with Gasteiger partial charge in [0.15, 0.2) is 5.75 Å². The summed E-state index contributed by atoms with van der Waals surface area (Å²) < 4.78 is 0. The zero-order valence-electron chi connectivity index (χ0n) is 20.1. The molecule has 33 heavy (non-hydrogen) atoms. The van der Waals surface area contributed by atoms with Gasteiger partial charge in [-0.05, 0) is 38.8 Å². The molecule has 1 aromatic rings. The fourth-order valence-corrected chi connectivity index (χ4v) is 3.37. The number of rotatable bonds is 9. The van der Waals surface area contributed by atoms with Crippen molar-refractivity contribution in [3.05, 3.63) is 35.2 Å². The fraction of sp³-hybridized carbons (Fsp3) is 0.478. The number of amides is 4. The molecule has 0 radical (unpaired) electrons. The van der Waals surface area contributed by atoms with E-state index >= 15 is 0 Å². The summed E-state index contributed by atoms with van der Waals surface area (Å²) >= 11 is 0. The first-order chi connectivity index (χ1) is 15.4. The van der Waals surface area contributed by atoms with Crippen LogP contribution in [0.3, 0.4) is 0 Å². The minimum Gasteiger partial charge on any atom is -0.505 e. The number of benzene rings is 1. The molecule has 0 saturated carbocycles. The maximum atomic E-state index is 13.0. The number of anilines is 1. The lowest BCUT2D eigenvalue weighted by Crippen LogP contribution is -2.50. The van der Waals surface area contributed by atoms with Crippen molar-refractivity contribution in [2.45, 2.75) is 46.7 Å². The van der Waals surface area contributed by atoms with Crippen molar-refractivity contribution < 1.29 is 24.3 Å². The molecule has 1 aromatic carbocycles. The van der Waals surface area contributed by atoms with Crippen LogP contribution in [-0.4, -0.2) is 71.3 Å². The second-order valence-corrected chi connectivity index (χ2v) is 8.66. The smallest absolute Gasteiger partial charge is 0.279 e. The highest BCUT2D eigenvalue weighted by Gasteiger charge is 2.40. The topological polar surface area (TPSA) is 131 Å². The predicted octanol–water partition coefficient (Wildman–Crippen LogP) is 1.25. The molecule has 0 fully saturated rings. The first-order valence-corrected chi connectivity index (χ1v) is 10.9. The monoisotopic (exact) mass is 459 g/mol. The third-order valence-electron chi connectivity index (χ3n) is 5.10. The van der Waals surface area contributed by atoms with Crippen LogP contribution in [0, 0.1) is 5.92 Å². The van der Waals surface area contributed by atoms with Gasteiger partial charge in [-0.25, -0.2) is 0 Å². The van der Waals surface area contributed by atoms with Gasteiger partial charge < -0.3 is 26.0 Å². The van der Waals surface area contributed by atoms with E-state index in [0.717, 1.165) is 4.90 Å². The van der Waals surface area contributed by atoms with Crippen molar-refractivity contribution in [1.82, 2.24) is 20.4 Å². The Morgan fingerprint density at radius 3 is 2.18 bits per heavy atom. The molecule has 180 valence electrons. The molecule has 1 heterocycles. The molecule has 2 rings (SSSR count). The Balaban J connectivity index is 2.51.